The molecule has 4 aliphatic carbocycles. The fourth-order valence-corrected chi connectivity index (χ4v) is 12.4. The van der Waals surface area contributed by atoms with Crippen LogP contribution in [0.2, 0.25) is 0 Å². The molecule has 12 atom stereocenters. The van der Waals surface area contributed by atoms with Gasteiger partial charge in [0.1, 0.15) is 17.9 Å². The van der Waals surface area contributed by atoms with Crippen molar-refractivity contribution in [3.05, 3.63) is 0 Å². The summed E-state index contributed by atoms with van der Waals surface area (Å²) in [5.74, 6) is 3.46. The van der Waals surface area contributed by atoms with Crippen molar-refractivity contribution >= 4 is 17.6 Å². The van der Waals surface area contributed by atoms with Crippen molar-refractivity contribution in [2.24, 2.45) is 52.3 Å². The van der Waals surface area contributed by atoms with Gasteiger partial charge in [0.15, 0.2) is 0 Å². The average molecular weight is 654 g/mol. The lowest BCUT2D eigenvalue weighted by Gasteiger charge is -2.60. The Morgan fingerprint density at radius 3 is 2.51 bits per heavy atom. The number of hydrogen-bond donors (Lipinski definition) is 3. The van der Waals surface area contributed by atoms with Gasteiger partial charge in [-0.2, -0.15) is 0 Å². The first-order chi connectivity index (χ1) is 22.4. The second-order valence-corrected chi connectivity index (χ2v) is 17.8. The summed E-state index contributed by atoms with van der Waals surface area (Å²) in [6.45, 7) is 16.5. The highest BCUT2D eigenvalue weighted by atomic mass is 16.5. The lowest BCUT2D eigenvalue weighted by atomic mass is 9.44. The first-order valence-electron chi connectivity index (χ1n) is 19.4. The van der Waals surface area contributed by atoms with E-state index in [0.29, 0.717) is 60.2 Å². The molecule has 47 heavy (non-hydrogen) atoms. The zero-order chi connectivity index (χ0) is 33.1. The summed E-state index contributed by atoms with van der Waals surface area (Å²) in [6.07, 6.45) is 10.3. The predicted octanol–water partition coefficient (Wildman–Crippen LogP) is 3.81. The van der Waals surface area contributed by atoms with Gasteiger partial charge in [0.2, 0.25) is 11.8 Å². The molecule has 0 bridgehead atoms. The molecule has 9 nitrogen and oxygen atoms in total. The molecule has 2 amide bonds. The highest BCUT2D eigenvalue weighted by molar-refractivity contribution is 5.97. The van der Waals surface area contributed by atoms with Gasteiger partial charge in [-0.1, -0.05) is 27.7 Å². The van der Waals surface area contributed by atoms with Crippen LogP contribution in [-0.4, -0.2) is 98.1 Å². The molecule has 0 radical (unpaired) electrons. The number of piperidine rings is 1. The molecule has 3 N–H and O–H groups in total. The number of hydrogen-bond acceptors (Lipinski definition) is 7. The van der Waals surface area contributed by atoms with Crippen LogP contribution in [0.1, 0.15) is 98.3 Å². The zero-order valence-electron chi connectivity index (χ0n) is 30.0. The summed E-state index contributed by atoms with van der Waals surface area (Å²) >= 11 is 0. The monoisotopic (exact) mass is 653 g/mol. The van der Waals surface area contributed by atoms with Gasteiger partial charge in [-0.05, 0) is 106 Å². The van der Waals surface area contributed by atoms with Crippen LogP contribution in [0.15, 0.2) is 0 Å². The summed E-state index contributed by atoms with van der Waals surface area (Å²) in [4.78, 5) is 44.6. The Balaban J connectivity index is 0.908. The van der Waals surface area contributed by atoms with E-state index >= 15 is 0 Å². The number of nitrogens with one attached hydrogen (secondary N) is 3. The van der Waals surface area contributed by atoms with Gasteiger partial charge in [-0.3, -0.25) is 19.7 Å². The molecule has 3 aliphatic heterocycles. The topological polar surface area (TPSA) is 103 Å². The smallest absolute Gasteiger partial charge is 0.229 e. The predicted molar refractivity (Wildman–Crippen MR) is 182 cm³/mol. The summed E-state index contributed by atoms with van der Waals surface area (Å²) in [5, 5.41) is 10.0. The number of likely N-dealkylation sites (N-methyl/N-ethyl adjacent to an activating group) is 1. The van der Waals surface area contributed by atoms with E-state index in [2.05, 4.69) is 60.5 Å². The number of rotatable bonds is 7. The second-order valence-electron chi connectivity index (χ2n) is 17.8. The third kappa shape index (κ3) is 6.01. The standard InChI is InChI=1S/C38H63N5O4/c1-24-9-12-38(40-23-24)25(2)35-31(47-38)20-30-28-8-7-26-19-27(10-11-36(26,3)29(28)21-32(44)37(30,35)4)41-34(46)22-33(45)39-13-6-14-43-17-15-42(5)16-18-43/h24-31,35,40H,6-23H2,1-5H3,(H,39,45)(H,41,46)/t24-,25+,26+,27-,28-,29+,30+,31+,35+,36+,37-,38-/m1/s1. The second kappa shape index (κ2) is 13.0. The highest BCUT2D eigenvalue weighted by Crippen LogP contribution is 2.70. The average Bonchev–Trinajstić information content (AvgIpc) is 3.49. The van der Waals surface area contributed by atoms with E-state index in [1.165, 1.54) is 19.3 Å². The molecule has 1 spiro atoms. The maximum atomic E-state index is 14.4. The summed E-state index contributed by atoms with van der Waals surface area (Å²) in [7, 11) is 2.16. The molecule has 7 fully saturated rings. The van der Waals surface area contributed by atoms with Gasteiger partial charge in [-0.15, -0.1) is 0 Å². The van der Waals surface area contributed by atoms with Crippen molar-refractivity contribution in [2.45, 2.75) is 116 Å². The molecule has 0 aromatic heterocycles. The Bertz CT molecular complexity index is 1200. The molecular formula is C38H63N5O4. The van der Waals surface area contributed by atoms with E-state index < -0.39 is 0 Å². The van der Waals surface area contributed by atoms with Crippen molar-refractivity contribution in [3.8, 4) is 0 Å². The lowest BCUT2D eigenvalue weighted by Crippen LogP contribution is -2.60. The minimum absolute atomic E-state index is 0.0922. The fraction of sp³-hybridized carbons (Fsp3) is 0.921. The van der Waals surface area contributed by atoms with E-state index in [0.717, 1.165) is 77.8 Å². The van der Waals surface area contributed by atoms with Crippen LogP contribution in [0, 0.1) is 52.3 Å². The van der Waals surface area contributed by atoms with Gasteiger partial charge in [0.05, 0.1) is 6.10 Å². The van der Waals surface area contributed by atoms with Gasteiger partial charge in [0, 0.05) is 69.0 Å². The maximum Gasteiger partial charge on any atom is 0.229 e. The first kappa shape index (κ1) is 33.9. The first-order valence-corrected chi connectivity index (χ1v) is 19.4. The Kier molecular flexibility index (Phi) is 9.36. The van der Waals surface area contributed by atoms with Crippen molar-refractivity contribution < 1.29 is 19.1 Å². The number of nitrogens with zero attached hydrogens (tertiary/aromatic N) is 2. The van der Waals surface area contributed by atoms with Gasteiger partial charge >= 0.3 is 0 Å². The van der Waals surface area contributed by atoms with Crippen molar-refractivity contribution in [2.75, 3.05) is 52.9 Å². The van der Waals surface area contributed by atoms with E-state index in [4.69, 9.17) is 4.74 Å². The number of carbonyl (C=O) groups excluding carboxylic acids is 3. The minimum Gasteiger partial charge on any atom is -0.357 e. The number of amides is 2. The van der Waals surface area contributed by atoms with Crippen LogP contribution in [0.5, 0.6) is 0 Å². The summed E-state index contributed by atoms with van der Waals surface area (Å²) < 4.78 is 6.99. The molecule has 0 aromatic carbocycles. The van der Waals surface area contributed by atoms with Gasteiger partial charge in [-0.25, -0.2) is 0 Å². The third-order valence-electron chi connectivity index (χ3n) is 15.3. The molecule has 0 unspecified atom stereocenters. The fourth-order valence-electron chi connectivity index (χ4n) is 12.4. The number of ether oxygens (including phenoxy) is 1. The largest absolute Gasteiger partial charge is 0.357 e. The van der Waals surface area contributed by atoms with E-state index in [1.807, 2.05) is 0 Å². The maximum absolute atomic E-state index is 14.4. The van der Waals surface area contributed by atoms with E-state index in [9.17, 15) is 14.4 Å². The third-order valence-corrected chi connectivity index (χ3v) is 15.3. The van der Waals surface area contributed by atoms with Crippen molar-refractivity contribution in [1.29, 1.82) is 0 Å². The number of piperazine rings is 1. The minimum atomic E-state index is -0.279. The number of ketones is 1. The number of fused-ring (bicyclic) bond motifs is 7. The molecule has 3 heterocycles. The van der Waals surface area contributed by atoms with Gasteiger partial charge in [0.25, 0.3) is 0 Å². The molecular weight excluding hydrogens is 590 g/mol. The van der Waals surface area contributed by atoms with Crippen LogP contribution < -0.4 is 16.0 Å². The lowest BCUT2D eigenvalue weighted by molar-refractivity contribution is -0.160. The van der Waals surface area contributed by atoms with Crippen molar-refractivity contribution in [3.63, 3.8) is 0 Å². The molecule has 7 aliphatic rings. The van der Waals surface area contributed by atoms with E-state index in [-0.39, 0.29) is 46.9 Å². The molecule has 264 valence electrons. The molecule has 0 aromatic rings. The van der Waals surface area contributed by atoms with Crippen LogP contribution in [0.25, 0.3) is 0 Å². The molecule has 7 rings (SSSR count). The zero-order valence-corrected chi connectivity index (χ0v) is 30.0. The van der Waals surface area contributed by atoms with Gasteiger partial charge < -0.3 is 25.2 Å². The van der Waals surface area contributed by atoms with Crippen LogP contribution in [0.3, 0.4) is 0 Å². The Hall–Kier alpha value is -1.55. The SMILES string of the molecule is C[C@@H]1CC[C@@]2(NC1)O[C@H]1C[C@H]3[C@@H]4CC[C@H]5C[C@H](NC(=O)CC(=O)NCCCN6CCN(C)CC6)CC[C@]5(C)[C@H]4CC(=O)[C@]3(C)[C@H]1[C@@H]2C. The molecule has 9 heteroatoms. The van der Waals surface area contributed by atoms with Crippen molar-refractivity contribution in [1.82, 2.24) is 25.8 Å². The number of Topliss-reactive ketones (excluding diaryl/α,β-unsaturated/α-hetero) is 1. The summed E-state index contributed by atoms with van der Waals surface area (Å²) in [6, 6.07) is 0.119. The summed E-state index contributed by atoms with van der Waals surface area (Å²) in [5.41, 5.74) is -0.390. The number of carbonyl (C=O) groups is 3. The Morgan fingerprint density at radius 2 is 1.77 bits per heavy atom. The Labute approximate surface area is 283 Å². The van der Waals surface area contributed by atoms with E-state index in [1.54, 1.807) is 0 Å². The van der Waals surface area contributed by atoms with Crippen LogP contribution >= 0.6 is 0 Å². The normalized spacial score (nSPS) is 46.7. The highest BCUT2D eigenvalue weighted by Gasteiger charge is 2.71. The van der Waals surface area contributed by atoms with Crippen LogP contribution in [-0.2, 0) is 19.1 Å². The molecule has 4 saturated carbocycles. The van der Waals surface area contributed by atoms with Crippen LogP contribution in [0.4, 0.5) is 0 Å². The molecule has 3 saturated heterocycles. The quantitative estimate of drug-likeness (QED) is 0.284. The Morgan fingerprint density at radius 1 is 0.979 bits per heavy atom.